The highest BCUT2D eigenvalue weighted by molar-refractivity contribution is 5.90. The molecule has 9 nitrogen and oxygen atoms in total. The van der Waals surface area contributed by atoms with Gasteiger partial charge in [-0.05, 0) is 30.7 Å². The first kappa shape index (κ1) is 20.2. The summed E-state index contributed by atoms with van der Waals surface area (Å²) in [4.78, 5) is 27.8. The molecule has 0 unspecified atom stereocenters. The van der Waals surface area contributed by atoms with E-state index in [0.29, 0.717) is 13.1 Å². The molecule has 2 saturated heterocycles. The van der Waals surface area contributed by atoms with E-state index >= 15 is 0 Å². The number of ether oxygens (including phenoxy) is 2. The van der Waals surface area contributed by atoms with E-state index in [1.165, 1.54) is 0 Å². The first-order chi connectivity index (χ1) is 14.6. The second-order valence-corrected chi connectivity index (χ2v) is 7.42. The molecule has 1 N–H and O–H groups in total. The molecule has 0 bridgehead atoms. The lowest BCUT2D eigenvalue weighted by Crippen LogP contribution is -2.50. The Hall–Kier alpha value is -3.07. The molecule has 2 aliphatic rings. The van der Waals surface area contributed by atoms with E-state index in [2.05, 4.69) is 25.1 Å². The van der Waals surface area contributed by atoms with Crippen LogP contribution < -0.4 is 19.9 Å². The minimum Gasteiger partial charge on any atom is -0.497 e. The van der Waals surface area contributed by atoms with E-state index in [-0.39, 0.29) is 6.03 Å². The summed E-state index contributed by atoms with van der Waals surface area (Å²) >= 11 is 0. The molecule has 0 saturated carbocycles. The number of amides is 2. The summed E-state index contributed by atoms with van der Waals surface area (Å²) in [5.41, 5.74) is 1.77. The van der Waals surface area contributed by atoms with Crippen LogP contribution in [0, 0.1) is 6.92 Å². The SMILES string of the molecule is COc1ccc(NC(=O)N2CCN(c3cc(N4CCOCC4)ncn3)CC2)c(C)c1. The van der Waals surface area contributed by atoms with Crippen LogP contribution in [0.4, 0.5) is 22.1 Å². The van der Waals surface area contributed by atoms with E-state index in [1.54, 1.807) is 13.4 Å². The molecule has 1 aromatic carbocycles. The maximum atomic E-state index is 12.7. The predicted octanol–water partition coefficient (Wildman–Crippen LogP) is 1.98. The van der Waals surface area contributed by atoms with Crippen molar-refractivity contribution in [1.29, 1.82) is 0 Å². The Balaban J connectivity index is 1.34. The Labute approximate surface area is 176 Å². The van der Waals surface area contributed by atoms with Gasteiger partial charge in [0.2, 0.25) is 0 Å². The molecular weight excluding hydrogens is 384 g/mol. The smallest absolute Gasteiger partial charge is 0.321 e. The number of piperazine rings is 1. The Morgan fingerprint density at radius 2 is 1.67 bits per heavy atom. The first-order valence-corrected chi connectivity index (χ1v) is 10.2. The number of hydrogen-bond donors (Lipinski definition) is 1. The molecule has 30 heavy (non-hydrogen) atoms. The predicted molar refractivity (Wildman–Crippen MR) is 116 cm³/mol. The molecule has 4 rings (SSSR count). The lowest BCUT2D eigenvalue weighted by molar-refractivity contribution is 0.122. The number of morpholine rings is 1. The van der Waals surface area contributed by atoms with Gasteiger partial charge in [-0.1, -0.05) is 0 Å². The number of aromatic nitrogens is 2. The van der Waals surface area contributed by atoms with Gasteiger partial charge in [0.1, 0.15) is 23.7 Å². The number of aryl methyl sites for hydroxylation is 1. The maximum absolute atomic E-state index is 12.7. The Kier molecular flexibility index (Phi) is 6.18. The highest BCUT2D eigenvalue weighted by Gasteiger charge is 2.23. The topological polar surface area (TPSA) is 83.1 Å². The van der Waals surface area contributed by atoms with Crippen molar-refractivity contribution >= 4 is 23.4 Å². The van der Waals surface area contributed by atoms with Gasteiger partial charge < -0.3 is 29.5 Å². The summed E-state index contributed by atoms with van der Waals surface area (Å²) in [6.07, 6.45) is 1.62. The Morgan fingerprint density at radius 3 is 2.30 bits per heavy atom. The van der Waals surface area contributed by atoms with E-state index in [1.807, 2.05) is 36.1 Å². The molecule has 9 heteroatoms. The quantitative estimate of drug-likeness (QED) is 0.822. The summed E-state index contributed by atoms with van der Waals surface area (Å²) in [5.74, 6) is 2.61. The highest BCUT2D eigenvalue weighted by Crippen LogP contribution is 2.23. The van der Waals surface area contributed by atoms with Crippen LogP contribution in [0.15, 0.2) is 30.6 Å². The lowest BCUT2D eigenvalue weighted by atomic mass is 10.2. The van der Waals surface area contributed by atoms with Gasteiger partial charge in [0, 0.05) is 51.0 Å². The van der Waals surface area contributed by atoms with E-state index in [4.69, 9.17) is 9.47 Å². The van der Waals surface area contributed by atoms with Crippen molar-refractivity contribution in [2.24, 2.45) is 0 Å². The summed E-state index contributed by atoms with van der Waals surface area (Å²) in [6, 6.07) is 7.58. The van der Waals surface area contributed by atoms with Crippen LogP contribution in [0.5, 0.6) is 5.75 Å². The van der Waals surface area contributed by atoms with Crippen molar-refractivity contribution in [3.05, 3.63) is 36.2 Å². The minimum atomic E-state index is -0.0837. The number of urea groups is 1. The van der Waals surface area contributed by atoms with Crippen LogP contribution in [0.25, 0.3) is 0 Å². The van der Waals surface area contributed by atoms with Crippen molar-refractivity contribution in [3.63, 3.8) is 0 Å². The van der Waals surface area contributed by atoms with Crippen LogP contribution in [0.3, 0.4) is 0 Å². The number of hydrogen-bond acceptors (Lipinski definition) is 7. The molecule has 0 radical (unpaired) electrons. The number of carbonyl (C=O) groups is 1. The van der Waals surface area contributed by atoms with Crippen molar-refractivity contribution in [1.82, 2.24) is 14.9 Å². The zero-order valence-electron chi connectivity index (χ0n) is 17.5. The largest absolute Gasteiger partial charge is 0.497 e. The standard InChI is InChI=1S/C21H28N6O3/c1-16-13-17(29-2)3-4-18(16)24-21(28)27-7-5-25(6-8-27)19-14-20(23-15-22-19)26-9-11-30-12-10-26/h3-4,13-15H,5-12H2,1-2H3,(H,24,28). The molecule has 1 aromatic heterocycles. The van der Waals surface area contributed by atoms with Gasteiger partial charge in [-0.15, -0.1) is 0 Å². The zero-order chi connectivity index (χ0) is 20.9. The first-order valence-electron chi connectivity index (χ1n) is 10.2. The summed E-state index contributed by atoms with van der Waals surface area (Å²) in [5, 5.41) is 3.01. The van der Waals surface area contributed by atoms with Crippen molar-refractivity contribution in [2.75, 3.05) is 74.7 Å². The van der Waals surface area contributed by atoms with Crippen LogP contribution in [-0.2, 0) is 4.74 Å². The van der Waals surface area contributed by atoms with E-state index < -0.39 is 0 Å². The molecule has 2 aromatic rings. The number of nitrogens with one attached hydrogen (secondary N) is 1. The van der Waals surface area contributed by atoms with Crippen LogP contribution >= 0.6 is 0 Å². The van der Waals surface area contributed by atoms with Gasteiger partial charge in [-0.3, -0.25) is 0 Å². The third-order valence-corrected chi connectivity index (χ3v) is 5.54. The summed E-state index contributed by atoms with van der Waals surface area (Å²) < 4.78 is 10.6. The third-order valence-electron chi connectivity index (χ3n) is 5.54. The molecule has 0 aliphatic carbocycles. The second kappa shape index (κ2) is 9.17. The fraction of sp³-hybridized carbons (Fsp3) is 0.476. The van der Waals surface area contributed by atoms with Crippen molar-refractivity contribution < 1.29 is 14.3 Å². The number of rotatable bonds is 4. The molecule has 0 spiro atoms. The van der Waals surface area contributed by atoms with Crippen molar-refractivity contribution in [3.8, 4) is 5.75 Å². The number of anilines is 3. The fourth-order valence-corrected chi connectivity index (χ4v) is 3.71. The van der Waals surface area contributed by atoms with E-state index in [0.717, 1.165) is 68.0 Å². The van der Waals surface area contributed by atoms with Gasteiger partial charge in [0.05, 0.1) is 20.3 Å². The molecular formula is C21H28N6O3. The molecule has 3 heterocycles. The maximum Gasteiger partial charge on any atom is 0.321 e. The Morgan fingerprint density at radius 1 is 1.00 bits per heavy atom. The average Bonchev–Trinajstić information content (AvgIpc) is 2.81. The van der Waals surface area contributed by atoms with Gasteiger partial charge in [-0.2, -0.15) is 0 Å². The number of nitrogens with zero attached hydrogens (tertiary/aromatic N) is 5. The zero-order valence-corrected chi connectivity index (χ0v) is 17.5. The lowest BCUT2D eigenvalue weighted by Gasteiger charge is -2.36. The number of methoxy groups -OCH3 is 1. The highest BCUT2D eigenvalue weighted by atomic mass is 16.5. The number of carbonyl (C=O) groups excluding carboxylic acids is 1. The van der Waals surface area contributed by atoms with Crippen LogP contribution in [0.2, 0.25) is 0 Å². The van der Waals surface area contributed by atoms with Gasteiger partial charge >= 0.3 is 6.03 Å². The summed E-state index contributed by atoms with van der Waals surface area (Å²) in [7, 11) is 1.63. The molecule has 0 atom stereocenters. The normalized spacial score (nSPS) is 17.1. The van der Waals surface area contributed by atoms with Gasteiger partial charge in [0.25, 0.3) is 0 Å². The number of benzene rings is 1. The van der Waals surface area contributed by atoms with Crippen LogP contribution in [-0.4, -0.2) is 80.5 Å². The average molecular weight is 412 g/mol. The van der Waals surface area contributed by atoms with Crippen LogP contribution in [0.1, 0.15) is 5.56 Å². The molecule has 2 fully saturated rings. The molecule has 160 valence electrons. The summed E-state index contributed by atoms with van der Waals surface area (Å²) in [6.45, 7) is 7.82. The van der Waals surface area contributed by atoms with Gasteiger partial charge in [-0.25, -0.2) is 14.8 Å². The monoisotopic (exact) mass is 412 g/mol. The third kappa shape index (κ3) is 4.56. The second-order valence-electron chi connectivity index (χ2n) is 7.42. The van der Waals surface area contributed by atoms with E-state index in [9.17, 15) is 4.79 Å². The van der Waals surface area contributed by atoms with Gasteiger partial charge in [0.15, 0.2) is 0 Å². The Bertz CT molecular complexity index is 879. The molecule has 2 amide bonds. The fourth-order valence-electron chi connectivity index (χ4n) is 3.71. The molecule has 2 aliphatic heterocycles. The minimum absolute atomic E-state index is 0.0837. The van der Waals surface area contributed by atoms with Crippen molar-refractivity contribution in [2.45, 2.75) is 6.92 Å².